The first-order valence-electron chi connectivity index (χ1n) is 10.2. The van der Waals surface area contributed by atoms with Gasteiger partial charge in [0.15, 0.2) is 0 Å². The first-order chi connectivity index (χ1) is 12.8. The molecule has 0 aliphatic heterocycles. The van der Waals surface area contributed by atoms with E-state index in [-0.39, 0.29) is 20.2 Å². The van der Waals surface area contributed by atoms with Gasteiger partial charge in [0.25, 0.3) is 6.15 Å². The maximum Gasteiger partial charge on any atom is 0.268 e. The van der Waals surface area contributed by atoms with Gasteiger partial charge in [-0.3, -0.25) is 23.3 Å². The Morgan fingerprint density at radius 1 is 0.379 bits per heavy atom. The Labute approximate surface area is 192 Å². The number of hydrogen-bond donors (Lipinski definition) is 0. The molecular weight excluding hydrogens is 411 g/mol. The molecule has 0 rings (SSSR count). The lowest BCUT2D eigenvalue weighted by Gasteiger charge is -2.20. The predicted octanol–water partition coefficient (Wildman–Crippen LogP) is 5.13. The lowest BCUT2D eigenvalue weighted by atomic mass is 9.28. The van der Waals surface area contributed by atoms with Crippen LogP contribution in [0.25, 0.3) is 0 Å². The predicted molar refractivity (Wildman–Crippen MR) is 139 cm³/mol. The quantitative estimate of drug-likeness (QED) is 0.357. The minimum Gasteiger partial charge on any atom is -0.278 e. The highest BCUT2D eigenvalue weighted by molar-refractivity contribution is 7.08. The molecule has 0 atom stereocenters. The molecule has 0 aromatic rings. The van der Waals surface area contributed by atoms with Gasteiger partial charge in [-0.25, -0.2) is 0 Å². The van der Waals surface area contributed by atoms with Crippen molar-refractivity contribution in [1.29, 1.82) is 0 Å². The Kier molecular flexibility index (Phi) is 10.7. The molecule has 8 radical (unpaired) electrons. The molecule has 0 nitrogen and oxygen atoms in total. The second-order valence-corrected chi connectivity index (χ2v) is 19.4. The molecule has 0 spiro atoms. The molecule has 0 aliphatic carbocycles. The SMILES string of the molecule is CC(C)(C)[Si]C#C[B-](C#C[Si]C(C)(C)C)(C#C[Si]C(C)(C)C)C#C[Si]C(C)(C)C. The zero-order valence-electron chi connectivity index (χ0n) is 20.6. The van der Waals surface area contributed by atoms with Crippen LogP contribution in [0.3, 0.4) is 0 Å². The normalized spacial score (nSPS) is 12.3. The average Bonchev–Trinajstić information content (AvgIpc) is 2.41. The number of hydrogen-bond acceptors (Lipinski definition) is 0. The third kappa shape index (κ3) is 17.7. The molecule has 0 bridgehead atoms. The second kappa shape index (κ2) is 11.0. The second-order valence-electron chi connectivity index (χ2n) is 11.4. The van der Waals surface area contributed by atoms with E-state index in [1.807, 2.05) is 0 Å². The van der Waals surface area contributed by atoms with Crippen molar-refractivity contribution >= 4 is 44.2 Å². The molecule has 0 aromatic carbocycles. The fourth-order valence-electron chi connectivity index (χ4n) is 1.54. The van der Waals surface area contributed by atoms with Crippen molar-refractivity contribution in [2.75, 3.05) is 0 Å². The Morgan fingerprint density at radius 2 is 0.552 bits per heavy atom. The maximum atomic E-state index is 3.47. The standard InChI is InChI=1S/C24H36BSi4/c1-21(2,3)26-17-13-25(14-18-27-22(4,5)6,15-19-28-23(7,8)9)16-20-29-24(10,11)12/h1-12H3/q-1. The fraction of sp³-hybridized carbons (Fsp3) is 0.667. The molecule has 0 N–H and O–H groups in total. The molecular formula is C24H36BSi4-. The van der Waals surface area contributed by atoms with Gasteiger partial charge < -0.3 is 0 Å². The van der Waals surface area contributed by atoms with Crippen molar-refractivity contribution in [1.82, 2.24) is 0 Å². The van der Waals surface area contributed by atoms with E-state index in [1.54, 1.807) is 0 Å². The van der Waals surface area contributed by atoms with Crippen LogP contribution in [0.2, 0.25) is 20.2 Å². The number of rotatable bonds is 0. The highest BCUT2D eigenvalue weighted by atomic mass is 28.2. The van der Waals surface area contributed by atoms with Crippen LogP contribution in [0.4, 0.5) is 0 Å². The molecule has 0 saturated heterocycles. The summed E-state index contributed by atoms with van der Waals surface area (Å²) in [5.41, 5.74) is 13.7. The fourth-order valence-corrected chi connectivity index (χ4v) is 4.20. The minimum absolute atomic E-state index is 0.191. The summed E-state index contributed by atoms with van der Waals surface area (Å²) in [5, 5.41) is 0.764. The Bertz CT molecular complexity index is 642. The molecule has 29 heavy (non-hydrogen) atoms. The summed E-state index contributed by atoms with van der Waals surface area (Å²) < 4.78 is 0. The van der Waals surface area contributed by atoms with Crippen LogP contribution in [-0.4, -0.2) is 44.2 Å². The summed E-state index contributed by atoms with van der Waals surface area (Å²) in [6.07, 6.45) is -1.64. The van der Waals surface area contributed by atoms with Crippen molar-refractivity contribution in [2.24, 2.45) is 0 Å². The van der Waals surface area contributed by atoms with E-state index in [0.29, 0.717) is 38.1 Å². The third-order valence-electron chi connectivity index (χ3n) is 2.90. The van der Waals surface area contributed by atoms with Gasteiger partial charge in [-0.05, 0) is 20.2 Å². The molecule has 0 unspecified atom stereocenters. The van der Waals surface area contributed by atoms with Crippen LogP contribution in [0.5, 0.6) is 0 Å². The van der Waals surface area contributed by atoms with E-state index in [9.17, 15) is 0 Å². The van der Waals surface area contributed by atoms with Crippen molar-refractivity contribution < 1.29 is 0 Å². The highest BCUT2D eigenvalue weighted by Gasteiger charge is 2.17. The van der Waals surface area contributed by atoms with Crippen molar-refractivity contribution in [3.8, 4) is 45.5 Å². The smallest absolute Gasteiger partial charge is 0.268 e. The molecule has 0 saturated carbocycles. The Balaban J connectivity index is 6.28. The summed E-state index contributed by atoms with van der Waals surface area (Å²) in [7, 11) is 2.22. The van der Waals surface area contributed by atoms with Gasteiger partial charge in [0, 0.05) is 0 Å². The molecule has 0 aliphatic rings. The Morgan fingerprint density at radius 3 is 0.690 bits per heavy atom. The van der Waals surface area contributed by atoms with Gasteiger partial charge in [-0.2, -0.15) is 22.2 Å². The van der Waals surface area contributed by atoms with E-state index in [0.717, 1.165) is 0 Å². The van der Waals surface area contributed by atoms with Crippen molar-refractivity contribution in [2.45, 2.75) is 103 Å². The Hall–Kier alpha value is -0.828. The van der Waals surface area contributed by atoms with E-state index in [1.165, 1.54) is 0 Å². The first-order valence-corrected chi connectivity index (χ1v) is 14.2. The lowest BCUT2D eigenvalue weighted by molar-refractivity contribution is 0.760. The van der Waals surface area contributed by atoms with Crippen molar-refractivity contribution in [3.05, 3.63) is 0 Å². The zero-order chi connectivity index (χ0) is 23.0. The van der Waals surface area contributed by atoms with Gasteiger partial charge in [0.1, 0.15) is 38.1 Å². The van der Waals surface area contributed by atoms with E-state index in [4.69, 9.17) is 0 Å². The molecule has 0 heterocycles. The van der Waals surface area contributed by atoms with Crippen LogP contribution in [0.15, 0.2) is 0 Å². The van der Waals surface area contributed by atoms with E-state index in [2.05, 4.69) is 129 Å². The summed E-state index contributed by atoms with van der Waals surface area (Å²) in [4.78, 5) is 0. The molecule has 0 aromatic heterocycles. The van der Waals surface area contributed by atoms with Crippen LogP contribution in [-0.2, 0) is 0 Å². The zero-order valence-corrected chi connectivity index (χ0v) is 24.6. The largest absolute Gasteiger partial charge is 0.278 e. The third-order valence-corrected chi connectivity index (χ3v) is 6.98. The molecule has 5 heteroatoms. The van der Waals surface area contributed by atoms with Crippen LogP contribution >= 0.6 is 0 Å². The monoisotopic (exact) mass is 447 g/mol. The van der Waals surface area contributed by atoms with Gasteiger partial charge in [0.05, 0.1) is 0 Å². The molecule has 0 fully saturated rings. The summed E-state index contributed by atoms with van der Waals surface area (Å²) >= 11 is 0. The van der Waals surface area contributed by atoms with Crippen LogP contribution in [0, 0.1) is 45.5 Å². The average molecular weight is 448 g/mol. The van der Waals surface area contributed by atoms with Gasteiger partial charge in [-0.1, -0.05) is 83.1 Å². The maximum absolute atomic E-state index is 3.47. The summed E-state index contributed by atoms with van der Waals surface area (Å²) in [6, 6.07) is 0. The van der Waals surface area contributed by atoms with Crippen molar-refractivity contribution in [3.63, 3.8) is 0 Å². The molecule has 0 amide bonds. The molecule has 152 valence electrons. The summed E-state index contributed by atoms with van der Waals surface area (Å²) in [6.45, 7) is 26.7. The minimum atomic E-state index is -1.64. The van der Waals surface area contributed by atoms with Gasteiger partial charge in [-0.15, -0.1) is 0 Å². The lowest BCUT2D eigenvalue weighted by Crippen LogP contribution is -2.30. The van der Waals surface area contributed by atoms with E-state index < -0.39 is 6.15 Å². The summed E-state index contributed by atoms with van der Waals surface area (Å²) in [5.74, 6) is 13.9. The van der Waals surface area contributed by atoms with Gasteiger partial charge >= 0.3 is 0 Å². The first kappa shape index (κ1) is 28.2. The van der Waals surface area contributed by atoms with E-state index >= 15 is 0 Å². The van der Waals surface area contributed by atoms with Crippen LogP contribution in [0.1, 0.15) is 83.1 Å². The topological polar surface area (TPSA) is 0 Å². The van der Waals surface area contributed by atoms with Gasteiger partial charge in [0.2, 0.25) is 0 Å². The highest BCUT2D eigenvalue weighted by Crippen LogP contribution is 2.21. The van der Waals surface area contributed by atoms with Crippen LogP contribution < -0.4 is 0 Å².